The summed E-state index contributed by atoms with van der Waals surface area (Å²) in [6, 6.07) is 0. The van der Waals surface area contributed by atoms with Crippen molar-refractivity contribution in [2.45, 2.75) is 161 Å². The lowest BCUT2D eigenvalue weighted by Crippen LogP contribution is -2.43. The highest BCUT2D eigenvalue weighted by Gasteiger charge is 2.44. The van der Waals surface area contributed by atoms with Crippen LogP contribution in [0.3, 0.4) is 0 Å². The summed E-state index contributed by atoms with van der Waals surface area (Å²) in [5, 5.41) is 0. The minimum absolute atomic E-state index is 0.0813. The Labute approximate surface area is 206 Å². The summed E-state index contributed by atoms with van der Waals surface area (Å²) in [6.45, 7) is 4.56. The van der Waals surface area contributed by atoms with Crippen molar-refractivity contribution in [2.75, 3.05) is 0 Å². The molecule has 4 unspecified atom stereocenters. The molecule has 3 saturated carbocycles. The van der Waals surface area contributed by atoms with Gasteiger partial charge in [0.25, 0.3) is 0 Å². The number of rotatable bonds is 15. The largest absolute Gasteiger partial charge is 0.462 e. The van der Waals surface area contributed by atoms with E-state index in [2.05, 4.69) is 13.8 Å². The van der Waals surface area contributed by atoms with E-state index in [-0.39, 0.29) is 12.1 Å². The number of fused-ring (bicyclic) bond motifs is 3. The summed E-state index contributed by atoms with van der Waals surface area (Å²) in [5.41, 5.74) is 0. The van der Waals surface area contributed by atoms with E-state index in [1.165, 1.54) is 116 Å². The third-order valence-corrected chi connectivity index (χ3v) is 9.60. The van der Waals surface area contributed by atoms with Crippen molar-refractivity contribution >= 4 is 5.97 Å². The highest BCUT2D eigenvalue weighted by Crippen LogP contribution is 2.53. The van der Waals surface area contributed by atoms with Crippen molar-refractivity contribution in [3.8, 4) is 0 Å². The molecule has 0 spiro atoms. The number of unbranched alkanes of at least 4 members (excludes halogenated alkanes) is 10. The number of carbonyl (C=O) groups excluding carboxylic acids is 1. The second kappa shape index (κ2) is 15.5. The van der Waals surface area contributed by atoms with Crippen molar-refractivity contribution in [1.29, 1.82) is 0 Å². The van der Waals surface area contributed by atoms with Gasteiger partial charge in [-0.05, 0) is 81.0 Å². The van der Waals surface area contributed by atoms with Crippen LogP contribution < -0.4 is 0 Å². The minimum atomic E-state index is 0.0813. The van der Waals surface area contributed by atoms with E-state index in [1.807, 2.05) is 0 Å². The van der Waals surface area contributed by atoms with Gasteiger partial charge in [-0.25, -0.2) is 0 Å². The Kier molecular flexibility index (Phi) is 12.7. The van der Waals surface area contributed by atoms with Gasteiger partial charge < -0.3 is 4.74 Å². The Morgan fingerprint density at radius 3 is 1.91 bits per heavy atom. The van der Waals surface area contributed by atoms with E-state index in [0.29, 0.717) is 6.42 Å². The minimum Gasteiger partial charge on any atom is -0.462 e. The summed E-state index contributed by atoms with van der Waals surface area (Å²) >= 11 is 0. The molecule has 0 saturated heterocycles. The predicted molar refractivity (Wildman–Crippen MR) is 140 cm³/mol. The zero-order valence-corrected chi connectivity index (χ0v) is 22.3. The Morgan fingerprint density at radius 1 is 0.636 bits per heavy atom. The monoisotopic (exact) mass is 460 g/mol. The average Bonchev–Trinajstić information content (AvgIpc) is 2.83. The van der Waals surface area contributed by atoms with E-state index in [9.17, 15) is 4.79 Å². The molecule has 3 fully saturated rings. The van der Waals surface area contributed by atoms with Gasteiger partial charge >= 0.3 is 5.97 Å². The van der Waals surface area contributed by atoms with Crippen LogP contribution in [0.4, 0.5) is 0 Å². The molecule has 0 N–H and O–H groups in total. The number of hydrogen-bond acceptors (Lipinski definition) is 2. The molecule has 0 bridgehead atoms. The first-order chi connectivity index (χ1) is 16.2. The van der Waals surface area contributed by atoms with Crippen LogP contribution in [0, 0.1) is 29.6 Å². The van der Waals surface area contributed by atoms with E-state index < -0.39 is 0 Å². The molecular weight excluding hydrogens is 404 g/mol. The van der Waals surface area contributed by atoms with E-state index in [0.717, 1.165) is 48.9 Å². The van der Waals surface area contributed by atoms with Crippen LogP contribution in [-0.2, 0) is 9.53 Å². The molecule has 192 valence electrons. The molecule has 0 aliphatic heterocycles. The van der Waals surface area contributed by atoms with Crippen LogP contribution in [0.1, 0.15) is 155 Å². The summed E-state index contributed by atoms with van der Waals surface area (Å²) in [7, 11) is 0. The summed E-state index contributed by atoms with van der Waals surface area (Å²) in [6.07, 6.45) is 29.4. The predicted octanol–water partition coefficient (Wildman–Crippen LogP) is 9.64. The van der Waals surface area contributed by atoms with Crippen LogP contribution >= 0.6 is 0 Å². The second-order valence-electron chi connectivity index (χ2n) is 12.1. The molecule has 3 rings (SSSR count). The fourth-order valence-electron chi connectivity index (χ4n) is 7.73. The smallest absolute Gasteiger partial charge is 0.306 e. The average molecular weight is 461 g/mol. The molecule has 0 heterocycles. The van der Waals surface area contributed by atoms with Crippen molar-refractivity contribution in [1.82, 2.24) is 0 Å². The molecule has 2 heteroatoms. The molecular formula is C31H56O2. The molecule has 0 aromatic heterocycles. The molecule has 33 heavy (non-hydrogen) atoms. The van der Waals surface area contributed by atoms with Crippen molar-refractivity contribution in [3.05, 3.63) is 0 Å². The van der Waals surface area contributed by atoms with Crippen molar-refractivity contribution in [3.63, 3.8) is 0 Å². The number of carbonyl (C=O) groups is 1. The van der Waals surface area contributed by atoms with Gasteiger partial charge in [0.15, 0.2) is 0 Å². The number of esters is 1. The molecule has 2 nitrogen and oxygen atoms in total. The van der Waals surface area contributed by atoms with Gasteiger partial charge in [0.1, 0.15) is 6.10 Å². The Morgan fingerprint density at radius 2 is 1.21 bits per heavy atom. The highest BCUT2D eigenvalue weighted by atomic mass is 16.5. The molecule has 0 aromatic carbocycles. The standard InChI is InChI=1S/C31H56O2/c1-3-5-7-9-11-13-15-25-17-21-29-26(23-25)18-19-27-24-28(20-22-30(27)29)33-31(32)16-14-12-10-8-6-4-2/h25-30H,3-24H2,1-2H3/t25-,26?,27?,28-,29?,30?/m1/s1. The van der Waals surface area contributed by atoms with E-state index in [1.54, 1.807) is 0 Å². The molecule has 6 atom stereocenters. The third kappa shape index (κ3) is 9.21. The van der Waals surface area contributed by atoms with Gasteiger partial charge in [-0.15, -0.1) is 0 Å². The van der Waals surface area contributed by atoms with Crippen LogP contribution in [0.25, 0.3) is 0 Å². The third-order valence-electron chi connectivity index (χ3n) is 9.60. The van der Waals surface area contributed by atoms with Crippen LogP contribution in [0.5, 0.6) is 0 Å². The highest BCUT2D eigenvalue weighted by molar-refractivity contribution is 5.69. The Balaban J connectivity index is 1.30. The van der Waals surface area contributed by atoms with Gasteiger partial charge in [0, 0.05) is 6.42 Å². The molecule has 0 amide bonds. The normalized spacial score (nSPS) is 31.6. The zero-order chi connectivity index (χ0) is 23.3. The maximum Gasteiger partial charge on any atom is 0.306 e. The Bertz CT molecular complexity index is 529. The first kappa shape index (κ1) is 27.1. The SMILES string of the molecule is CCCCCCCCC(=O)O[C@@H]1CCC2C(CCC3C[C@H](CCCCCCCC)CCC32)C1. The first-order valence-electron chi connectivity index (χ1n) is 15.4. The van der Waals surface area contributed by atoms with E-state index >= 15 is 0 Å². The summed E-state index contributed by atoms with van der Waals surface area (Å²) in [5.74, 6) is 4.88. The molecule has 3 aliphatic carbocycles. The van der Waals surface area contributed by atoms with Crippen LogP contribution in [0.15, 0.2) is 0 Å². The topological polar surface area (TPSA) is 26.3 Å². The zero-order valence-electron chi connectivity index (χ0n) is 22.3. The fraction of sp³-hybridized carbons (Fsp3) is 0.968. The van der Waals surface area contributed by atoms with Gasteiger partial charge in [-0.3, -0.25) is 4.79 Å². The van der Waals surface area contributed by atoms with Gasteiger partial charge in [0.2, 0.25) is 0 Å². The fourth-order valence-corrected chi connectivity index (χ4v) is 7.73. The van der Waals surface area contributed by atoms with E-state index in [4.69, 9.17) is 4.74 Å². The van der Waals surface area contributed by atoms with Gasteiger partial charge in [0.05, 0.1) is 0 Å². The van der Waals surface area contributed by atoms with Crippen molar-refractivity contribution in [2.24, 2.45) is 29.6 Å². The lowest BCUT2D eigenvalue weighted by atomic mass is 9.56. The lowest BCUT2D eigenvalue weighted by molar-refractivity contribution is -0.153. The Hall–Kier alpha value is -0.530. The number of hydrogen-bond donors (Lipinski definition) is 0. The maximum atomic E-state index is 12.4. The number of ether oxygens (including phenoxy) is 1. The molecule has 0 radical (unpaired) electrons. The molecule has 0 aromatic rings. The second-order valence-corrected chi connectivity index (χ2v) is 12.1. The summed E-state index contributed by atoms with van der Waals surface area (Å²) in [4.78, 5) is 12.4. The molecule has 3 aliphatic rings. The van der Waals surface area contributed by atoms with Gasteiger partial charge in [-0.1, -0.05) is 97.3 Å². The van der Waals surface area contributed by atoms with Crippen molar-refractivity contribution < 1.29 is 9.53 Å². The maximum absolute atomic E-state index is 12.4. The lowest BCUT2D eigenvalue weighted by Gasteiger charge is -2.50. The van der Waals surface area contributed by atoms with Crippen LogP contribution in [0.2, 0.25) is 0 Å². The van der Waals surface area contributed by atoms with Crippen LogP contribution in [-0.4, -0.2) is 12.1 Å². The van der Waals surface area contributed by atoms with Gasteiger partial charge in [-0.2, -0.15) is 0 Å². The summed E-state index contributed by atoms with van der Waals surface area (Å²) < 4.78 is 5.96. The quantitative estimate of drug-likeness (QED) is 0.179. The first-order valence-corrected chi connectivity index (χ1v) is 15.4.